The van der Waals surface area contributed by atoms with E-state index in [1.807, 2.05) is 19.4 Å². The molecular formula is C8H16FN2O4P. The number of hydrogen-bond donors (Lipinski definition) is 2. The zero-order valence-corrected chi connectivity index (χ0v) is 10.1. The molecule has 16 heavy (non-hydrogen) atoms. The Kier molecular flexibility index (Phi) is 7.16. The van der Waals surface area contributed by atoms with Gasteiger partial charge in [0, 0.05) is 25.9 Å². The van der Waals surface area contributed by atoms with Gasteiger partial charge < -0.3 is 14.4 Å². The van der Waals surface area contributed by atoms with Crippen LogP contribution in [0, 0.1) is 0 Å². The molecule has 1 aromatic heterocycles. The molecule has 0 radical (unpaired) electrons. The summed E-state index contributed by atoms with van der Waals surface area (Å²) in [5.74, 6) is 1.20. The van der Waals surface area contributed by atoms with Crippen LogP contribution in [0.25, 0.3) is 0 Å². The molecule has 0 aliphatic carbocycles. The Morgan fingerprint density at radius 1 is 1.62 bits per heavy atom. The highest BCUT2D eigenvalue weighted by atomic mass is 31.2. The minimum atomic E-state index is -4.81. The molecule has 0 saturated carbocycles. The fraction of sp³-hybridized carbons (Fsp3) is 0.625. The number of aryl methyl sites for hydroxylation is 2. The zero-order chi connectivity index (χ0) is 12.6. The van der Waals surface area contributed by atoms with E-state index in [1.165, 1.54) is 18.7 Å². The summed E-state index contributed by atoms with van der Waals surface area (Å²) < 4.78 is 23.5. The standard InChI is InChI=1S/C8H14N2.FH2O4P/c1-3-4-5-8-9-6-7-10(8)2;1-5-6(2,3)4/h6-7H,3-5H2,1-2H3;(H2,2,3,4). The fourth-order valence-corrected chi connectivity index (χ4v) is 0.972. The van der Waals surface area contributed by atoms with Crippen molar-refractivity contribution in [3.8, 4) is 0 Å². The van der Waals surface area contributed by atoms with Gasteiger partial charge in [-0.15, -0.1) is 0 Å². The lowest BCUT2D eigenvalue weighted by Gasteiger charge is -1.97. The summed E-state index contributed by atoms with van der Waals surface area (Å²) in [7, 11) is -2.77. The lowest BCUT2D eigenvalue weighted by molar-refractivity contribution is -0.0389. The van der Waals surface area contributed by atoms with Gasteiger partial charge in [0.2, 0.25) is 0 Å². The van der Waals surface area contributed by atoms with E-state index in [0.717, 1.165) is 6.42 Å². The van der Waals surface area contributed by atoms with Crippen LogP contribution in [-0.2, 0) is 22.8 Å². The van der Waals surface area contributed by atoms with Gasteiger partial charge in [-0.1, -0.05) is 18.1 Å². The van der Waals surface area contributed by atoms with Crippen molar-refractivity contribution in [2.75, 3.05) is 0 Å². The van der Waals surface area contributed by atoms with Gasteiger partial charge >= 0.3 is 7.82 Å². The number of aromatic nitrogens is 2. The predicted octanol–water partition coefficient (Wildman–Crippen LogP) is 1.74. The van der Waals surface area contributed by atoms with Gasteiger partial charge in [0.05, 0.1) is 0 Å². The molecule has 0 unspecified atom stereocenters. The van der Waals surface area contributed by atoms with Gasteiger partial charge in [0.15, 0.2) is 0 Å². The van der Waals surface area contributed by atoms with E-state index < -0.39 is 7.82 Å². The Labute approximate surface area is 93.2 Å². The van der Waals surface area contributed by atoms with Gasteiger partial charge in [0.25, 0.3) is 0 Å². The SMILES string of the molecule is CCCCc1nccn1C.O=P(O)(O)OF. The Morgan fingerprint density at radius 3 is 2.50 bits per heavy atom. The van der Waals surface area contributed by atoms with Gasteiger partial charge in [0.1, 0.15) is 5.82 Å². The van der Waals surface area contributed by atoms with Crippen LogP contribution in [-0.4, -0.2) is 19.3 Å². The molecule has 0 atom stereocenters. The van der Waals surface area contributed by atoms with Crippen LogP contribution in [0.3, 0.4) is 0 Å². The molecule has 0 spiro atoms. The van der Waals surface area contributed by atoms with E-state index in [0.29, 0.717) is 0 Å². The fourth-order valence-electron chi connectivity index (χ4n) is 0.972. The van der Waals surface area contributed by atoms with Crippen LogP contribution >= 0.6 is 7.82 Å². The maximum atomic E-state index is 10.2. The minimum absolute atomic E-state index is 1.11. The topological polar surface area (TPSA) is 84.6 Å². The summed E-state index contributed by atoms with van der Waals surface area (Å²) in [4.78, 5) is 18.9. The average molecular weight is 254 g/mol. The molecule has 1 rings (SSSR count). The lowest BCUT2D eigenvalue weighted by Crippen LogP contribution is -1.96. The zero-order valence-electron chi connectivity index (χ0n) is 9.21. The monoisotopic (exact) mass is 254 g/mol. The van der Waals surface area contributed by atoms with Gasteiger partial charge in [-0.25, -0.2) is 9.55 Å². The maximum Gasteiger partial charge on any atom is 0.500 e. The van der Waals surface area contributed by atoms with Crippen molar-refractivity contribution in [2.45, 2.75) is 26.2 Å². The number of imidazole rings is 1. The van der Waals surface area contributed by atoms with Crippen LogP contribution < -0.4 is 0 Å². The number of nitrogens with zero attached hydrogens (tertiary/aromatic N) is 2. The first kappa shape index (κ1) is 15.2. The molecule has 0 fully saturated rings. The van der Waals surface area contributed by atoms with Crippen LogP contribution in [0.1, 0.15) is 25.6 Å². The van der Waals surface area contributed by atoms with Crippen molar-refractivity contribution in [1.29, 1.82) is 0 Å². The van der Waals surface area contributed by atoms with E-state index >= 15 is 0 Å². The molecule has 6 nitrogen and oxygen atoms in total. The second-order valence-corrected chi connectivity index (χ2v) is 4.24. The van der Waals surface area contributed by atoms with Crippen molar-refractivity contribution in [3.63, 3.8) is 0 Å². The highest BCUT2D eigenvalue weighted by Crippen LogP contribution is 2.35. The minimum Gasteiger partial charge on any atom is -0.338 e. The van der Waals surface area contributed by atoms with Crippen molar-refractivity contribution in [3.05, 3.63) is 18.2 Å². The average Bonchev–Trinajstić information content (AvgIpc) is 2.61. The number of hydrogen-bond acceptors (Lipinski definition) is 3. The van der Waals surface area contributed by atoms with Gasteiger partial charge in [-0.05, 0) is 10.9 Å². The smallest absolute Gasteiger partial charge is 0.338 e. The Hall–Kier alpha value is -0.750. The third kappa shape index (κ3) is 7.53. The second kappa shape index (κ2) is 7.51. The van der Waals surface area contributed by atoms with Gasteiger partial charge in [-0.3, -0.25) is 0 Å². The Morgan fingerprint density at radius 2 is 2.19 bits per heavy atom. The summed E-state index contributed by atoms with van der Waals surface area (Å²) >= 11 is 0. The normalized spacial score (nSPS) is 10.8. The number of halogens is 1. The molecule has 0 aliphatic heterocycles. The van der Waals surface area contributed by atoms with Crippen LogP contribution in [0.4, 0.5) is 4.53 Å². The summed E-state index contributed by atoms with van der Waals surface area (Å²) in [5, 5.41) is 0. The van der Waals surface area contributed by atoms with Crippen molar-refractivity contribution in [2.24, 2.45) is 7.05 Å². The van der Waals surface area contributed by atoms with Crippen molar-refractivity contribution < 1.29 is 23.6 Å². The second-order valence-electron chi connectivity index (χ2n) is 3.12. The molecule has 0 aliphatic rings. The molecule has 0 saturated heterocycles. The van der Waals surface area contributed by atoms with E-state index in [1.54, 1.807) is 0 Å². The summed E-state index contributed by atoms with van der Waals surface area (Å²) in [6.45, 7) is 2.20. The molecule has 0 bridgehead atoms. The largest absolute Gasteiger partial charge is 0.500 e. The van der Waals surface area contributed by atoms with Crippen LogP contribution in [0.2, 0.25) is 0 Å². The van der Waals surface area contributed by atoms with E-state index in [2.05, 4.69) is 21.2 Å². The number of phosphoric acid groups is 1. The first-order valence-electron chi connectivity index (χ1n) is 4.72. The van der Waals surface area contributed by atoms with E-state index in [9.17, 15) is 4.53 Å². The lowest BCUT2D eigenvalue weighted by atomic mass is 10.2. The van der Waals surface area contributed by atoms with E-state index in [4.69, 9.17) is 14.4 Å². The quantitative estimate of drug-likeness (QED) is 0.799. The molecule has 0 aromatic carbocycles. The third-order valence-corrected chi connectivity index (χ3v) is 1.94. The highest BCUT2D eigenvalue weighted by molar-refractivity contribution is 7.46. The molecule has 1 heterocycles. The van der Waals surface area contributed by atoms with Crippen molar-refractivity contribution >= 4 is 7.82 Å². The first-order chi connectivity index (χ1) is 7.40. The summed E-state index contributed by atoms with van der Waals surface area (Å²) in [5.41, 5.74) is 0. The maximum absolute atomic E-state index is 10.2. The van der Waals surface area contributed by atoms with E-state index in [-0.39, 0.29) is 0 Å². The Bertz CT molecular complexity index is 339. The molecule has 94 valence electrons. The first-order valence-corrected chi connectivity index (χ1v) is 6.25. The third-order valence-electron chi connectivity index (χ3n) is 1.76. The van der Waals surface area contributed by atoms with Crippen LogP contribution in [0.15, 0.2) is 12.4 Å². The number of rotatable bonds is 4. The predicted molar refractivity (Wildman–Crippen MR) is 56.1 cm³/mol. The van der Waals surface area contributed by atoms with Crippen LogP contribution in [0.5, 0.6) is 0 Å². The highest BCUT2D eigenvalue weighted by Gasteiger charge is 2.12. The molecule has 1 aromatic rings. The van der Waals surface area contributed by atoms with Gasteiger partial charge in [-0.2, -0.15) is 0 Å². The molecular weight excluding hydrogens is 238 g/mol. The Balaban J connectivity index is 0.000000325. The summed E-state index contributed by atoms with van der Waals surface area (Å²) in [6, 6.07) is 0. The molecule has 0 amide bonds. The molecule has 2 N–H and O–H groups in total. The number of unbranched alkanes of at least 4 members (excludes halogenated alkanes) is 1. The molecule has 8 heteroatoms. The summed E-state index contributed by atoms with van der Waals surface area (Å²) in [6.07, 6.45) is 7.44. The van der Waals surface area contributed by atoms with Crippen molar-refractivity contribution in [1.82, 2.24) is 9.55 Å².